The first-order valence-corrected chi connectivity index (χ1v) is 10.2. The zero-order valence-corrected chi connectivity index (χ0v) is 17.2. The van der Waals surface area contributed by atoms with Gasteiger partial charge in [0.2, 0.25) is 0 Å². The van der Waals surface area contributed by atoms with Gasteiger partial charge in [-0.25, -0.2) is 0 Å². The van der Waals surface area contributed by atoms with Gasteiger partial charge in [0.15, 0.2) is 0 Å². The van der Waals surface area contributed by atoms with Crippen molar-refractivity contribution in [3.05, 3.63) is 0 Å². The van der Waals surface area contributed by atoms with Crippen molar-refractivity contribution in [2.24, 2.45) is 0 Å². The molecule has 0 saturated heterocycles. The summed E-state index contributed by atoms with van der Waals surface area (Å²) in [6.07, 6.45) is 17.8. The SMILES string of the molecule is CCCCCCCCCCCCCCC(C)N(CCO)CCO.Cl. The van der Waals surface area contributed by atoms with E-state index in [0.29, 0.717) is 19.1 Å². The van der Waals surface area contributed by atoms with Crippen LogP contribution in [0.5, 0.6) is 0 Å². The van der Waals surface area contributed by atoms with E-state index in [-0.39, 0.29) is 25.6 Å². The molecule has 1 unspecified atom stereocenters. The van der Waals surface area contributed by atoms with Gasteiger partial charge < -0.3 is 10.2 Å². The van der Waals surface area contributed by atoms with Crippen LogP contribution in [-0.2, 0) is 0 Å². The normalized spacial score (nSPS) is 12.4. The molecule has 0 aromatic heterocycles. The Kier molecular flexibility index (Phi) is 23.3. The van der Waals surface area contributed by atoms with Crippen LogP contribution >= 0.6 is 12.4 Å². The van der Waals surface area contributed by atoms with Crippen molar-refractivity contribution in [2.75, 3.05) is 26.3 Å². The number of nitrogens with zero attached hydrogens (tertiary/aromatic N) is 1. The largest absolute Gasteiger partial charge is 0.395 e. The molecular formula is C20H44ClNO2. The molecule has 0 fully saturated rings. The minimum atomic E-state index is 0. The van der Waals surface area contributed by atoms with Crippen molar-refractivity contribution >= 4 is 12.4 Å². The first kappa shape index (κ1) is 26.4. The summed E-state index contributed by atoms with van der Waals surface area (Å²) in [4.78, 5) is 2.19. The standard InChI is InChI=1S/C20H43NO2.ClH/c1-3-4-5-6-7-8-9-10-11-12-13-14-15-20(2)21(16-18-22)17-19-23;/h20,22-23H,3-19H2,1-2H3;1H. The highest BCUT2D eigenvalue weighted by atomic mass is 35.5. The summed E-state index contributed by atoms with van der Waals surface area (Å²) in [6.45, 7) is 6.22. The number of aliphatic hydroxyl groups excluding tert-OH is 2. The van der Waals surface area contributed by atoms with Gasteiger partial charge >= 0.3 is 0 Å². The molecule has 2 N–H and O–H groups in total. The van der Waals surface area contributed by atoms with Crippen LogP contribution < -0.4 is 0 Å². The first-order chi connectivity index (χ1) is 11.3. The number of unbranched alkanes of at least 4 members (excludes halogenated alkanes) is 11. The Labute approximate surface area is 157 Å². The molecule has 0 aliphatic heterocycles. The molecule has 0 spiro atoms. The van der Waals surface area contributed by atoms with E-state index in [4.69, 9.17) is 10.2 Å². The molecule has 0 aliphatic rings. The van der Waals surface area contributed by atoms with Gasteiger partial charge in [0.1, 0.15) is 0 Å². The fourth-order valence-corrected chi connectivity index (χ4v) is 3.27. The molecule has 0 aliphatic carbocycles. The fraction of sp³-hybridized carbons (Fsp3) is 1.00. The molecule has 0 saturated carbocycles. The molecule has 0 heterocycles. The highest BCUT2D eigenvalue weighted by Gasteiger charge is 2.11. The van der Waals surface area contributed by atoms with Crippen molar-refractivity contribution in [1.82, 2.24) is 4.90 Å². The van der Waals surface area contributed by atoms with Crippen LogP contribution in [0.25, 0.3) is 0 Å². The molecule has 3 nitrogen and oxygen atoms in total. The molecule has 0 amide bonds. The van der Waals surface area contributed by atoms with Crippen LogP contribution in [0.4, 0.5) is 0 Å². The second kappa shape index (κ2) is 21.2. The van der Waals surface area contributed by atoms with Gasteiger partial charge in [0.05, 0.1) is 13.2 Å². The van der Waals surface area contributed by atoms with Crippen molar-refractivity contribution < 1.29 is 10.2 Å². The maximum atomic E-state index is 9.06. The first-order valence-electron chi connectivity index (χ1n) is 10.2. The number of hydrogen-bond acceptors (Lipinski definition) is 3. The van der Waals surface area contributed by atoms with Crippen molar-refractivity contribution in [2.45, 2.75) is 103 Å². The summed E-state index contributed by atoms with van der Waals surface area (Å²) >= 11 is 0. The number of halogens is 1. The molecular weight excluding hydrogens is 322 g/mol. The highest BCUT2D eigenvalue weighted by molar-refractivity contribution is 5.85. The molecule has 4 heteroatoms. The maximum Gasteiger partial charge on any atom is 0.0558 e. The predicted octanol–water partition coefficient (Wildman–Crippen LogP) is 5.17. The molecule has 0 bridgehead atoms. The molecule has 0 radical (unpaired) electrons. The topological polar surface area (TPSA) is 43.7 Å². The quantitative estimate of drug-likeness (QED) is 0.329. The van der Waals surface area contributed by atoms with Crippen molar-refractivity contribution in [3.63, 3.8) is 0 Å². The second-order valence-corrected chi connectivity index (χ2v) is 7.01. The predicted molar refractivity (Wildman–Crippen MR) is 108 cm³/mol. The van der Waals surface area contributed by atoms with Gasteiger partial charge in [-0.2, -0.15) is 0 Å². The summed E-state index contributed by atoms with van der Waals surface area (Å²) in [5.74, 6) is 0. The van der Waals surface area contributed by atoms with Crippen LogP contribution in [0.1, 0.15) is 97.3 Å². The summed E-state index contributed by atoms with van der Waals surface area (Å²) in [5, 5.41) is 18.1. The lowest BCUT2D eigenvalue weighted by molar-refractivity contribution is 0.123. The Morgan fingerprint density at radius 2 is 1.04 bits per heavy atom. The summed E-state index contributed by atoms with van der Waals surface area (Å²) in [6, 6.07) is 0.470. The van der Waals surface area contributed by atoms with Crippen molar-refractivity contribution in [1.29, 1.82) is 0 Å². The third kappa shape index (κ3) is 17.0. The lowest BCUT2D eigenvalue weighted by atomic mass is 10.0. The number of rotatable bonds is 18. The molecule has 0 aromatic carbocycles. The van der Waals surface area contributed by atoms with Gasteiger partial charge in [-0.3, -0.25) is 4.90 Å². The van der Waals surface area contributed by atoms with Gasteiger partial charge in [0.25, 0.3) is 0 Å². The van der Waals surface area contributed by atoms with Crippen molar-refractivity contribution in [3.8, 4) is 0 Å². The molecule has 24 heavy (non-hydrogen) atoms. The van der Waals surface area contributed by atoms with E-state index in [9.17, 15) is 0 Å². The summed E-state index contributed by atoms with van der Waals surface area (Å²) in [7, 11) is 0. The smallest absolute Gasteiger partial charge is 0.0558 e. The van der Waals surface area contributed by atoms with E-state index in [1.807, 2.05) is 0 Å². The molecule has 0 aromatic rings. The number of hydrogen-bond donors (Lipinski definition) is 2. The van der Waals surface area contributed by atoms with Crippen LogP contribution in [0.2, 0.25) is 0 Å². The molecule has 148 valence electrons. The Bertz CT molecular complexity index is 224. The van der Waals surface area contributed by atoms with E-state index in [2.05, 4.69) is 18.7 Å². The van der Waals surface area contributed by atoms with Gasteiger partial charge in [-0.15, -0.1) is 12.4 Å². The third-order valence-electron chi connectivity index (χ3n) is 4.87. The average molecular weight is 366 g/mol. The van der Waals surface area contributed by atoms with Gasteiger partial charge in [-0.05, 0) is 13.3 Å². The molecule has 0 rings (SSSR count). The minimum Gasteiger partial charge on any atom is -0.395 e. The summed E-state index contributed by atoms with van der Waals surface area (Å²) in [5.41, 5.74) is 0. The van der Waals surface area contributed by atoms with E-state index in [0.717, 1.165) is 0 Å². The fourth-order valence-electron chi connectivity index (χ4n) is 3.27. The number of aliphatic hydroxyl groups is 2. The second-order valence-electron chi connectivity index (χ2n) is 7.01. The lowest BCUT2D eigenvalue weighted by Crippen LogP contribution is -2.37. The Balaban J connectivity index is 0. The monoisotopic (exact) mass is 365 g/mol. The van der Waals surface area contributed by atoms with Gasteiger partial charge in [-0.1, -0.05) is 84.0 Å². The van der Waals surface area contributed by atoms with E-state index in [1.54, 1.807) is 0 Å². The van der Waals surface area contributed by atoms with Gasteiger partial charge in [0, 0.05) is 19.1 Å². The van der Waals surface area contributed by atoms with Crippen LogP contribution in [0.3, 0.4) is 0 Å². The molecule has 1 atom stereocenters. The summed E-state index contributed by atoms with van der Waals surface area (Å²) < 4.78 is 0. The Hall–Kier alpha value is 0.170. The van der Waals surface area contributed by atoms with Crippen LogP contribution in [0, 0.1) is 0 Å². The minimum absolute atomic E-state index is 0. The maximum absolute atomic E-state index is 9.06. The van der Waals surface area contributed by atoms with Crippen LogP contribution in [0.15, 0.2) is 0 Å². The average Bonchev–Trinajstić information content (AvgIpc) is 2.55. The third-order valence-corrected chi connectivity index (χ3v) is 4.87. The Morgan fingerprint density at radius 1 is 0.667 bits per heavy atom. The van der Waals surface area contributed by atoms with E-state index < -0.39 is 0 Å². The van der Waals surface area contributed by atoms with E-state index >= 15 is 0 Å². The Morgan fingerprint density at radius 3 is 1.42 bits per heavy atom. The zero-order chi connectivity index (χ0) is 17.2. The zero-order valence-electron chi connectivity index (χ0n) is 16.3. The lowest BCUT2D eigenvalue weighted by Gasteiger charge is -2.27. The van der Waals surface area contributed by atoms with E-state index in [1.165, 1.54) is 83.5 Å². The highest BCUT2D eigenvalue weighted by Crippen LogP contribution is 2.14. The van der Waals surface area contributed by atoms with Crippen LogP contribution in [-0.4, -0.2) is 47.5 Å².